The van der Waals surface area contributed by atoms with E-state index in [1.54, 1.807) is 0 Å². The van der Waals surface area contributed by atoms with Gasteiger partial charge in [-0.25, -0.2) is 0 Å². The normalized spacial score (nSPS) is 27.1. The minimum atomic E-state index is 0.290. The van der Waals surface area contributed by atoms with Gasteiger partial charge in [0.15, 0.2) is 0 Å². The molecule has 0 aromatic heterocycles. The number of likely N-dealkylation sites (N-methyl/N-ethyl adjacent to an activating group) is 1. The van der Waals surface area contributed by atoms with Gasteiger partial charge in [0.05, 0.1) is 0 Å². The van der Waals surface area contributed by atoms with Gasteiger partial charge in [-0.2, -0.15) is 0 Å². The molecule has 3 rings (SSSR count). The highest BCUT2D eigenvalue weighted by molar-refractivity contribution is 5.92. The van der Waals surface area contributed by atoms with Gasteiger partial charge in [0.25, 0.3) is 0 Å². The quantitative estimate of drug-likeness (QED) is 0.452. The van der Waals surface area contributed by atoms with Crippen LogP contribution in [0, 0.1) is 0 Å². The third-order valence-corrected chi connectivity index (χ3v) is 4.83. The molecule has 22 heavy (non-hydrogen) atoms. The van der Waals surface area contributed by atoms with Crippen LogP contribution >= 0.6 is 0 Å². The van der Waals surface area contributed by atoms with E-state index < -0.39 is 0 Å². The third-order valence-electron chi connectivity index (χ3n) is 4.83. The number of piperazine rings is 1. The highest BCUT2D eigenvalue weighted by atomic mass is 15.4. The van der Waals surface area contributed by atoms with Crippen LogP contribution in [-0.2, 0) is 0 Å². The van der Waals surface area contributed by atoms with Crippen molar-refractivity contribution >= 4 is 5.84 Å². The zero-order chi connectivity index (χ0) is 16.5. The van der Waals surface area contributed by atoms with Crippen LogP contribution in [0.3, 0.4) is 0 Å². The molecule has 3 heterocycles. The standard InChI is InChI=1S/C18H32N4/c1-14(8-9-17(19-5)20(6)7)11-22-15-10-16(22)13-21(12-15)18(2,3)4/h8-9,15-16H,1,10-13H2,2-7H3/b9-8-,19-17+. The minimum absolute atomic E-state index is 0.290. The molecule has 0 saturated carbocycles. The number of piperidine rings is 1. The van der Waals surface area contributed by atoms with Crippen LogP contribution in [0.1, 0.15) is 27.2 Å². The lowest BCUT2D eigenvalue weighted by Gasteiger charge is -2.59. The fourth-order valence-corrected chi connectivity index (χ4v) is 3.40. The molecule has 0 radical (unpaired) electrons. The summed E-state index contributed by atoms with van der Waals surface area (Å²) in [6.07, 6.45) is 5.51. The summed E-state index contributed by atoms with van der Waals surface area (Å²) in [5.41, 5.74) is 1.46. The van der Waals surface area contributed by atoms with Gasteiger partial charge in [-0.05, 0) is 38.8 Å². The Hall–Kier alpha value is -1.13. The van der Waals surface area contributed by atoms with Crippen molar-refractivity contribution in [3.05, 3.63) is 24.3 Å². The van der Waals surface area contributed by atoms with Crippen molar-refractivity contribution < 1.29 is 0 Å². The molecule has 2 unspecified atom stereocenters. The smallest absolute Gasteiger partial charge is 0.122 e. The Morgan fingerprint density at radius 1 is 1.23 bits per heavy atom. The molecule has 4 heteroatoms. The van der Waals surface area contributed by atoms with Crippen molar-refractivity contribution in [3.8, 4) is 0 Å². The average Bonchev–Trinajstić information content (AvgIpc) is 2.44. The Kier molecular flexibility index (Phi) is 5.13. The second-order valence-electron chi connectivity index (χ2n) is 7.76. The highest BCUT2D eigenvalue weighted by Gasteiger charge is 2.46. The summed E-state index contributed by atoms with van der Waals surface area (Å²) in [4.78, 5) is 11.5. The topological polar surface area (TPSA) is 22.1 Å². The van der Waals surface area contributed by atoms with Gasteiger partial charge in [-0.3, -0.25) is 14.8 Å². The van der Waals surface area contributed by atoms with Gasteiger partial charge in [-0.15, -0.1) is 0 Å². The minimum Gasteiger partial charge on any atom is -0.363 e. The van der Waals surface area contributed by atoms with Crippen molar-refractivity contribution in [1.29, 1.82) is 0 Å². The van der Waals surface area contributed by atoms with E-state index in [1.165, 1.54) is 25.1 Å². The molecule has 3 aliphatic rings. The van der Waals surface area contributed by atoms with Gasteiger partial charge < -0.3 is 4.90 Å². The molecule has 2 atom stereocenters. The van der Waals surface area contributed by atoms with Crippen molar-refractivity contribution in [3.63, 3.8) is 0 Å². The van der Waals surface area contributed by atoms with Crippen LogP contribution in [0.5, 0.6) is 0 Å². The molecule has 3 saturated heterocycles. The second-order valence-corrected chi connectivity index (χ2v) is 7.76. The van der Waals surface area contributed by atoms with Crippen LogP contribution in [0.15, 0.2) is 29.3 Å². The van der Waals surface area contributed by atoms with E-state index in [4.69, 9.17) is 0 Å². The zero-order valence-corrected chi connectivity index (χ0v) is 15.1. The maximum absolute atomic E-state index is 4.26. The maximum atomic E-state index is 4.26. The van der Waals surface area contributed by atoms with Crippen LogP contribution in [0.25, 0.3) is 0 Å². The molecule has 3 fully saturated rings. The van der Waals surface area contributed by atoms with E-state index >= 15 is 0 Å². The van der Waals surface area contributed by atoms with Crippen LogP contribution in [0.4, 0.5) is 0 Å². The molecule has 0 aromatic carbocycles. The van der Waals surface area contributed by atoms with Crippen LogP contribution < -0.4 is 0 Å². The summed E-state index contributed by atoms with van der Waals surface area (Å²) in [5, 5.41) is 0. The fourth-order valence-electron chi connectivity index (χ4n) is 3.40. The van der Waals surface area contributed by atoms with E-state index in [0.29, 0.717) is 12.1 Å². The third kappa shape index (κ3) is 3.79. The fraction of sp³-hybridized carbons (Fsp3) is 0.722. The molecule has 0 amide bonds. The number of fused-ring (bicyclic) bond motifs is 2. The molecule has 0 aromatic rings. The molecule has 0 N–H and O–H groups in total. The highest BCUT2D eigenvalue weighted by Crippen LogP contribution is 2.35. The lowest BCUT2D eigenvalue weighted by Crippen LogP contribution is -2.71. The Morgan fingerprint density at radius 3 is 2.27 bits per heavy atom. The lowest BCUT2D eigenvalue weighted by molar-refractivity contribution is -0.0892. The predicted octanol–water partition coefficient (Wildman–Crippen LogP) is 2.25. The lowest BCUT2D eigenvalue weighted by atomic mass is 9.84. The average molecular weight is 304 g/mol. The monoisotopic (exact) mass is 304 g/mol. The van der Waals surface area contributed by atoms with Crippen molar-refractivity contribution in [1.82, 2.24) is 14.7 Å². The van der Waals surface area contributed by atoms with Crippen molar-refractivity contribution in [2.75, 3.05) is 40.8 Å². The summed E-state index contributed by atoms with van der Waals surface area (Å²) < 4.78 is 0. The van der Waals surface area contributed by atoms with E-state index in [0.717, 1.165) is 12.4 Å². The second kappa shape index (κ2) is 6.55. The van der Waals surface area contributed by atoms with Gasteiger partial charge in [0.2, 0.25) is 0 Å². The number of nitrogens with zero attached hydrogens (tertiary/aromatic N) is 4. The van der Waals surface area contributed by atoms with Gasteiger partial charge in [0, 0.05) is 58.4 Å². The van der Waals surface area contributed by atoms with E-state index in [-0.39, 0.29) is 5.54 Å². The molecule has 0 aliphatic carbocycles. The molecule has 4 nitrogen and oxygen atoms in total. The Balaban J connectivity index is 1.87. The summed E-state index contributed by atoms with van der Waals surface area (Å²) in [6, 6.07) is 1.41. The first-order valence-electron chi connectivity index (χ1n) is 8.23. The summed E-state index contributed by atoms with van der Waals surface area (Å²) in [5.74, 6) is 0.976. The maximum Gasteiger partial charge on any atom is 0.122 e. The van der Waals surface area contributed by atoms with Gasteiger partial charge in [-0.1, -0.05) is 12.7 Å². The van der Waals surface area contributed by atoms with Crippen molar-refractivity contribution in [2.45, 2.75) is 44.8 Å². The van der Waals surface area contributed by atoms with Gasteiger partial charge >= 0.3 is 0 Å². The molecule has 124 valence electrons. The molecule has 2 bridgehead atoms. The first-order chi connectivity index (χ1) is 10.2. The molecule has 3 aliphatic heterocycles. The summed E-state index contributed by atoms with van der Waals surface area (Å²) in [7, 11) is 5.84. The number of hydrogen-bond acceptors (Lipinski definition) is 3. The number of hydrogen-bond donors (Lipinski definition) is 0. The van der Waals surface area contributed by atoms with Crippen LogP contribution in [0.2, 0.25) is 0 Å². The van der Waals surface area contributed by atoms with E-state index in [1.807, 2.05) is 26.0 Å². The number of aliphatic imine (C=N–C) groups is 1. The van der Waals surface area contributed by atoms with E-state index in [2.05, 4.69) is 54.3 Å². The number of amidine groups is 1. The van der Waals surface area contributed by atoms with Crippen molar-refractivity contribution in [2.24, 2.45) is 4.99 Å². The SMILES string of the molecule is C=C(/C=C\C(=N/C)N(C)C)CN1C2CC1CN(C(C)(C)C)C2. The molecular formula is C18H32N4. The van der Waals surface area contributed by atoms with E-state index in [9.17, 15) is 0 Å². The molecular weight excluding hydrogens is 272 g/mol. The largest absolute Gasteiger partial charge is 0.363 e. The summed E-state index contributed by atoms with van der Waals surface area (Å²) in [6.45, 7) is 14.5. The molecule has 0 spiro atoms. The summed E-state index contributed by atoms with van der Waals surface area (Å²) >= 11 is 0. The number of rotatable bonds is 4. The van der Waals surface area contributed by atoms with Crippen LogP contribution in [-0.4, -0.2) is 78.9 Å². The zero-order valence-electron chi connectivity index (χ0n) is 15.1. The Labute approximate surface area is 136 Å². The first-order valence-corrected chi connectivity index (χ1v) is 8.23. The Bertz CT molecular complexity index is 458. The predicted molar refractivity (Wildman–Crippen MR) is 95.6 cm³/mol. The van der Waals surface area contributed by atoms with Gasteiger partial charge in [0.1, 0.15) is 5.84 Å². The Morgan fingerprint density at radius 2 is 1.82 bits per heavy atom. The first kappa shape index (κ1) is 17.2.